The molecule has 15 heavy (non-hydrogen) atoms. The minimum atomic E-state index is 0.0550. The van der Waals surface area contributed by atoms with Crippen molar-refractivity contribution in [2.75, 3.05) is 18.6 Å². The Morgan fingerprint density at radius 1 is 1.60 bits per heavy atom. The first-order valence-electron chi connectivity index (χ1n) is 4.51. The summed E-state index contributed by atoms with van der Waals surface area (Å²) in [6.07, 6.45) is 3.57. The van der Waals surface area contributed by atoms with Gasteiger partial charge in [0.1, 0.15) is 0 Å². The third-order valence-corrected chi connectivity index (χ3v) is 2.78. The highest BCUT2D eigenvalue weighted by atomic mass is 79.9. The van der Waals surface area contributed by atoms with Crippen LogP contribution in [0.5, 0.6) is 5.88 Å². The highest BCUT2D eigenvalue weighted by molar-refractivity contribution is 9.09. The van der Waals surface area contributed by atoms with Gasteiger partial charge in [0, 0.05) is 17.8 Å². The van der Waals surface area contributed by atoms with Crippen LogP contribution in [-0.4, -0.2) is 34.4 Å². The standard InChI is InChI=1S/C9H10BrN3O2/c1-15-8-4-11-3-7(12-8)13-5-6(10)2-9(13)14/h3-4,6H,2,5H2,1H3. The molecule has 2 rings (SSSR count). The average Bonchev–Trinajstić information content (AvgIpc) is 2.58. The highest BCUT2D eigenvalue weighted by Gasteiger charge is 2.29. The van der Waals surface area contributed by atoms with Crippen LogP contribution in [0.15, 0.2) is 12.4 Å². The van der Waals surface area contributed by atoms with E-state index in [1.54, 1.807) is 11.1 Å². The Morgan fingerprint density at radius 2 is 2.40 bits per heavy atom. The molecular weight excluding hydrogens is 262 g/mol. The number of alkyl halides is 1. The van der Waals surface area contributed by atoms with Gasteiger partial charge in [-0.3, -0.25) is 14.7 Å². The van der Waals surface area contributed by atoms with Crippen LogP contribution in [0, 0.1) is 0 Å². The normalized spacial score (nSPS) is 20.8. The predicted octanol–water partition coefficient (Wildman–Crippen LogP) is 0.985. The predicted molar refractivity (Wildman–Crippen MR) is 58.3 cm³/mol. The van der Waals surface area contributed by atoms with E-state index in [9.17, 15) is 4.79 Å². The molecule has 6 heteroatoms. The monoisotopic (exact) mass is 271 g/mol. The Hall–Kier alpha value is -1.17. The summed E-state index contributed by atoms with van der Waals surface area (Å²) < 4.78 is 4.95. The molecule has 1 aliphatic rings. The van der Waals surface area contributed by atoms with E-state index < -0.39 is 0 Å². The summed E-state index contributed by atoms with van der Waals surface area (Å²) >= 11 is 3.41. The number of ether oxygens (including phenoxy) is 1. The van der Waals surface area contributed by atoms with E-state index in [0.717, 1.165) is 0 Å². The van der Waals surface area contributed by atoms with E-state index in [1.807, 2.05) is 0 Å². The van der Waals surface area contributed by atoms with Gasteiger partial charge in [-0.05, 0) is 0 Å². The molecule has 0 radical (unpaired) electrons. The molecule has 2 heterocycles. The van der Waals surface area contributed by atoms with Crippen molar-refractivity contribution in [1.82, 2.24) is 9.97 Å². The first-order valence-corrected chi connectivity index (χ1v) is 5.42. The van der Waals surface area contributed by atoms with Gasteiger partial charge < -0.3 is 4.74 Å². The van der Waals surface area contributed by atoms with Gasteiger partial charge in [-0.1, -0.05) is 15.9 Å². The van der Waals surface area contributed by atoms with Gasteiger partial charge in [0.25, 0.3) is 0 Å². The minimum absolute atomic E-state index is 0.0550. The van der Waals surface area contributed by atoms with E-state index in [2.05, 4.69) is 25.9 Å². The Balaban J connectivity index is 2.25. The molecule has 0 aliphatic carbocycles. The fourth-order valence-corrected chi connectivity index (χ4v) is 2.02. The summed E-state index contributed by atoms with van der Waals surface area (Å²) in [4.78, 5) is 21.5. The summed E-state index contributed by atoms with van der Waals surface area (Å²) in [5.74, 6) is 1.01. The number of nitrogens with zero attached hydrogens (tertiary/aromatic N) is 3. The van der Waals surface area contributed by atoms with Crippen LogP contribution < -0.4 is 9.64 Å². The number of hydrogen-bond acceptors (Lipinski definition) is 4. The maximum atomic E-state index is 11.6. The van der Waals surface area contributed by atoms with Crippen LogP contribution in [0.1, 0.15) is 6.42 Å². The van der Waals surface area contributed by atoms with E-state index in [4.69, 9.17) is 4.74 Å². The van der Waals surface area contributed by atoms with E-state index in [0.29, 0.717) is 24.7 Å². The van der Waals surface area contributed by atoms with Gasteiger partial charge in [-0.15, -0.1) is 0 Å². The lowest BCUT2D eigenvalue weighted by atomic mass is 10.4. The summed E-state index contributed by atoms with van der Waals surface area (Å²) in [7, 11) is 1.52. The summed E-state index contributed by atoms with van der Waals surface area (Å²) in [6.45, 7) is 0.626. The molecule has 80 valence electrons. The maximum Gasteiger partial charge on any atom is 0.234 e. The van der Waals surface area contributed by atoms with Crippen molar-refractivity contribution in [3.63, 3.8) is 0 Å². The molecular formula is C9H10BrN3O2. The third-order valence-electron chi connectivity index (χ3n) is 2.16. The van der Waals surface area contributed by atoms with Gasteiger partial charge in [-0.2, -0.15) is 4.98 Å². The molecule has 1 atom stereocenters. The Bertz CT molecular complexity index is 385. The Morgan fingerprint density at radius 3 is 3.00 bits per heavy atom. The number of halogens is 1. The number of hydrogen-bond donors (Lipinski definition) is 0. The molecule has 0 spiro atoms. The van der Waals surface area contributed by atoms with Gasteiger partial charge >= 0.3 is 0 Å². The Kier molecular flexibility index (Phi) is 2.86. The zero-order valence-electron chi connectivity index (χ0n) is 8.18. The summed E-state index contributed by atoms with van der Waals surface area (Å²) in [5, 5.41) is 0. The number of carbonyl (C=O) groups excluding carboxylic acids is 1. The van der Waals surface area contributed by atoms with Crippen molar-refractivity contribution in [2.45, 2.75) is 11.2 Å². The lowest BCUT2D eigenvalue weighted by Gasteiger charge is -2.14. The van der Waals surface area contributed by atoms with Crippen LogP contribution in [0.4, 0.5) is 5.82 Å². The van der Waals surface area contributed by atoms with Crippen molar-refractivity contribution in [1.29, 1.82) is 0 Å². The molecule has 1 aromatic heterocycles. The van der Waals surface area contributed by atoms with Gasteiger partial charge in [0.15, 0.2) is 5.82 Å². The SMILES string of the molecule is COc1cncc(N2CC(Br)CC2=O)n1. The lowest BCUT2D eigenvalue weighted by molar-refractivity contribution is -0.117. The quantitative estimate of drug-likeness (QED) is 0.753. The second-order valence-electron chi connectivity index (χ2n) is 3.23. The number of anilines is 1. The molecule has 1 amide bonds. The van der Waals surface area contributed by atoms with Crippen LogP contribution in [0.25, 0.3) is 0 Å². The van der Waals surface area contributed by atoms with Gasteiger partial charge in [0.2, 0.25) is 11.8 Å². The molecule has 5 nitrogen and oxygen atoms in total. The fraction of sp³-hybridized carbons (Fsp3) is 0.444. The number of methoxy groups -OCH3 is 1. The van der Waals surface area contributed by atoms with E-state index in [-0.39, 0.29) is 10.7 Å². The molecule has 1 saturated heterocycles. The zero-order valence-corrected chi connectivity index (χ0v) is 9.77. The molecule has 0 N–H and O–H groups in total. The second-order valence-corrected chi connectivity index (χ2v) is 4.52. The molecule has 0 aromatic carbocycles. The summed E-state index contributed by atoms with van der Waals surface area (Å²) in [6, 6.07) is 0. The van der Waals surface area contributed by atoms with Crippen molar-refractivity contribution < 1.29 is 9.53 Å². The second kappa shape index (κ2) is 4.14. The largest absolute Gasteiger partial charge is 0.480 e. The van der Waals surface area contributed by atoms with Crippen LogP contribution in [0.3, 0.4) is 0 Å². The van der Waals surface area contributed by atoms with E-state index in [1.165, 1.54) is 13.3 Å². The van der Waals surface area contributed by atoms with Crippen LogP contribution >= 0.6 is 15.9 Å². The number of aromatic nitrogens is 2. The zero-order chi connectivity index (χ0) is 10.8. The third kappa shape index (κ3) is 2.09. The van der Waals surface area contributed by atoms with Gasteiger partial charge in [-0.25, -0.2) is 0 Å². The number of amides is 1. The molecule has 0 bridgehead atoms. The smallest absolute Gasteiger partial charge is 0.234 e. The number of rotatable bonds is 2. The number of carbonyl (C=O) groups is 1. The van der Waals surface area contributed by atoms with Crippen LogP contribution in [-0.2, 0) is 4.79 Å². The molecule has 1 unspecified atom stereocenters. The molecule has 0 saturated carbocycles. The van der Waals surface area contributed by atoms with Crippen LogP contribution in [0.2, 0.25) is 0 Å². The van der Waals surface area contributed by atoms with Crippen molar-refractivity contribution in [2.24, 2.45) is 0 Å². The van der Waals surface area contributed by atoms with Gasteiger partial charge in [0.05, 0.1) is 19.5 Å². The highest BCUT2D eigenvalue weighted by Crippen LogP contribution is 2.23. The molecule has 1 aromatic rings. The van der Waals surface area contributed by atoms with Crippen molar-refractivity contribution >= 4 is 27.7 Å². The Labute approximate surface area is 95.6 Å². The minimum Gasteiger partial charge on any atom is -0.480 e. The first-order chi connectivity index (χ1) is 7.20. The van der Waals surface area contributed by atoms with Crippen molar-refractivity contribution in [3.05, 3.63) is 12.4 Å². The lowest BCUT2D eigenvalue weighted by Crippen LogP contribution is -2.25. The maximum absolute atomic E-state index is 11.6. The molecule has 1 fully saturated rings. The first kappa shape index (κ1) is 10.4. The summed E-state index contributed by atoms with van der Waals surface area (Å²) in [5.41, 5.74) is 0. The molecule has 1 aliphatic heterocycles. The fourth-order valence-electron chi connectivity index (χ4n) is 1.45. The van der Waals surface area contributed by atoms with E-state index >= 15 is 0 Å². The topological polar surface area (TPSA) is 55.3 Å². The van der Waals surface area contributed by atoms with Crippen molar-refractivity contribution in [3.8, 4) is 5.88 Å². The average molecular weight is 272 g/mol.